The Kier molecular flexibility index (Phi) is 6.97. The van der Waals surface area contributed by atoms with Gasteiger partial charge in [0.1, 0.15) is 0 Å². The summed E-state index contributed by atoms with van der Waals surface area (Å²) in [4.78, 5) is 48.2. The summed E-state index contributed by atoms with van der Waals surface area (Å²) < 4.78 is 4.17. The van der Waals surface area contributed by atoms with Gasteiger partial charge in [0, 0.05) is 0 Å². The summed E-state index contributed by atoms with van der Waals surface area (Å²) in [5.41, 5.74) is -1.67. The Hall–Kier alpha value is -1.06. The van der Waals surface area contributed by atoms with Crippen LogP contribution in [0.25, 0.3) is 0 Å². The van der Waals surface area contributed by atoms with E-state index in [2.05, 4.69) is 6.92 Å². The molecule has 4 rings (SSSR count). The molecule has 3 N–H and O–H groups in total. The molecule has 4 aliphatic rings. The molecule has 0 aromatic rings. The average Bonchev–Trinajstić information content (AvgIpc) is 3.03. The van der Waals surface area contributed by atoms with E-state index >= 15 is 0 Å². The molecule has 9 heteroatoms. The maximum absolute atomic E-state index is 13.5. The van der Waals surface area contributed by atoms with Gasteiger partial charge in [-0.05, 0) is 0 Å². The van der Waals surface area contributed by atoms with E-state index in [9.17, 15) is 29.4 Å². The van der Waals surface area contributed by atoms with E-state index in [0.29, 0.717) is 12.8 Å². The van der Waals surface area contributed by atoms with Crippen molar-refractivity contribution in [2.75, 3.05) is 0 Å². The van der Waals surface area contributed by atoms with Crippen LogP contribution in [0.3, 0.4) is 0 Å². The molecule has 0 radical (unpaired) electrons. The van der Waals surface area contributed by atoms with Crippen molar-refractivity contribution in [2.24, 2.45) is 28.6 Å². The molecular formula is C25H33NaO8. The SMILES string of the molecule is C[C@]12CCC(=O)C=C1CC[C@@H]1[C@@H]2[C@@H](O)C[C@@]2(C)[C@H]1CC[C@]2(O)C(=O)[CH]([Na])OC(=O)CCC(=O)O. The summed E-state index contributed by atoms with van der Waals surface area (Å²) in [6, 6.07) is 0. The Balaban J connectivity index is 1.56. The summed E-state index contributed by atoms with van der Waals surface area (Å²) in [5.74, 6) is -2.09. The van der Waals surface area contributed by atoms with E-state index in [-0.39, 0.29) is 82.6 Å². The molecule has 0 spiro atoms. The van der Waals surface area contributed by atoms with Gasteiger partial charge in [-0.25, -0.2) is 0 Å². The second kappa shape index (κ2) is 9.11. The third-order valence-corrected chi connectivity index (χ3v) is 10.4. The quantitative estimate of drug-likeness (QED) is 0.383. The zero-order valence-corrected chi connectivity index (χ0v) is 22.2. The van der Waals surface area contributed by atoms with Gasteiger partial charge < -0.3 is 0 Å². The number of carbonyl (C=O) groups excluding carboxylic acids is 3. The Morgan fingerprint density at radius 1 is 1.18 bits per heavy atom. The van der Waals surface area contributed by atoms with E-state index in [0.717, 1.165) is 24.8 Å². The first-order chi connectivity index (χ1) is 15.8. The molecule has 3 saturated carbocycles. The second-order valence-corrected chi connectivity index (χ2v) is 12.4. The van der Waals surface area contributed by atoms with Crippen molar-refractivity contribution in [3.8, 4) is 0 Å². The van der Waals surface area contributed by atoms with Crippen molar-refractivity contribution in [1.29, 1.82) is 0 Å². The van der Waals surface area contributed by atoms with E-state index in [4.69, 9.17) is 9.84 Å². The number of hydrogen-bond acceptors (Lipinski definition) is 7. The van der Waals surface area contributed by atoms with Gasteiger partial charge in [-0.15, -0.1) is 0 Å². The molecule has 0 bridgehead atoms. The van der Waals surface area contributed by atoms with Crippen LogP contribution in [-0.4, -0.2) is 81.8 Å². The van der Waals surface area contributed by atoms with Gasteiger partial charge in [0.05, 0.1) is 0 Å². The van der Waals surface area contributed by atoms with Crippen molar-refractivity contribution in [1.82, 2.24) is 0 Å². The number of ketones is 2. The van der Waals surface area contributed by atoms with Crippen LogP contribution in [0.15, 0.2) is 11.6 Å². The number of carbonyl (C=O) groups is 4. The van der Waals surface area contributed by atoms with Crippen LogP contribution in [0.1, 0.15) is 71.6 Å². The Morgan fingerprint density at radius 2 is 1.88 bits per heavy atom. The van der Waals surface area contributed by atoms with Gasteiger partial charge in [0.25, 0.3) is 0 Å². The molecule has 182 valence electrons. The first-order valence-corrected chi connectivity index (χ1v) is 13.6. The normalized spacial score (nSPS) is 42.1. The summed E-state index contributed by atoms with van der Waals surface area (Å²) in [6.45, 7) is 4.05. The second-order valence-electron chi connectivity index (χ2n) is 11.4. The van der Waals surface area contributed by atoms with Gasteiger partial charge in [0.2, 0.25) is 0 Å². The third kappa shape index (κ3) is 4.03. The van der Waals surface area contributed by atoms with Crippen LogP contribution in [0.2, 0.25) is 0 Å². The number of ether oxygens (including phenoxy) is 1. The first kappa shape index (κ1) is 26.0. The Morgan fingerprint density at radius 3 is 2.56 bits per heavy atom. The standard InChI is InChI=1S/C25H33O8.Na/c1-23-9-7-15(26)11-14(23)3-4-16-17-8-10-25(32,24(17,2)12-18(27)22(16)23)19(28)13-33-21(31)6-5-20(29)30;/h11,13,16-18,22,27,32H,3-10,12H2,1-2H3,(H,29,30);/t16-,17-,18-,22+,23-,24-,25-;/m0./s1. The van der Waals surface area contributed by atoms with Gasteiger partial charge >= 0.3 is 218 Å². The fourth-order valence-corrected chi connectivity index (χ4v) is 8.69. The molecule has 0 aromatic carbocycles. The zero-order valence-electron chi connectivity index (χ0n) is 20.2. The molecule has 1 unspecified atom stereocenters. The van der Waals surface area contributed by atoms with Crippen LogP contribution < -0.4 is 0 Å². The van der Waals surface area contributed by atoms with E-state index in [1.807, 2.05) is 6.92 Å². The van der Waals surface area contributed by atoms with Gasteiger partial charge in [-0.2, -0.15) is 0 Å². The fourth-order valence-electron chi connectivity index (χ4n) is 7.95. The number of aliphatic hydroxyl groups is 2. The number of fused-ring (bicyclic) bond motifs is 5. The van der Waals surface area contributed by atoms with Crippen molar-refractivity contribution in [3.63, 3.8) is 0 Å². The van der Waals surface area contributed by atoms with E-state index < -0.39 is 38.2 Å². The summed E-state index contributed by atoms with van der Waals surface area (Å²) in [5, 5.41) is 32.0. The predicted molar refractivity (Wildman–Crippen MR) is 121 cm³/mol. The molecule has 34 heavy (non-hydrogen) atoms. The molecule has 0 saturated heterocycles. The van der Waals surface area contributed by atoms with Crippen LogP contribution in [0.4, 0.5) is 0 Å². The van der Waals surface area contributed by atoms with Crippen LogP contribution in [0.5, 0.6) is 0 Å². The van der Waals surface area contributed by atoms with Crippen molar-refractivity contribution in [2.45, 2.75) is 86.7 Å². The van der Waals surface area contributed by atoms with Crippen LogP contribution in [-0.2, 0) is 23.9 Å². The zero-order chi connectivity index (χ0) is 25.1. The number of hydrogen-bond donors (Lipinski definition) is 3. The van der Waals surface area contributed by atoms with Gasteiger partial charge in [-0.3, -0.25) is 0 Å². The molecule has 0 heterocycles. The number of Topliss-reactive ketones (excluding diaryl/α,β-unsaturated/α-hetero) is 1. The van der Waals surface area contributed by atoms with Crippen LogP contribution >= 0.6 is 0 Å². The number of aliphatic carboxylic acids is 1. The fraction of sp³-hybridized carbons (Fsp3) is 0.760. The number of allylic oxidation sites excluding steroid dienone is 1. The number of carboxylic acid groups (broad SMARTS) is 1. The topological polar surface area (TPSA) is 138 Å². The Bertz CT molecular complexity index is 945. The molecule has 8 nitrogen and oxygen atoms in total. The summed E-state index contributed by atoms with van der Waals surface area (Å²) in [7, 11) is 0. The minimum atomic E-state index is -1.71. The molecular weight excluding hydrogens is 451 g/mol. The summed E-state index contributed by atoms with van der Waals surface area (Å²) in [6.07, 6.45) is 4.37. The number of carboxylic acids is 1. The van der Waals surface area contributed by atoms with Crippen molar-refractivity contribution < 1.29 is 39.2 Å². The molecule has 0 aromatic heterocycles. The number of esters is 1. The number of aliphatic hydroxyl groups excluding tert-OH is 1. The monoisotopic (exact) mass is 484 g/mol. The van der Waals surface area contributed by atoms with E-state index in [1.54, 1.807) is 6.08 Å². The summed E-state index contributed by atoms with van der Waals surface area (Å²) >= 11 is 0.178. The predicted octanol–water partition coefficient (Wildman–Crippen LogP) is 1.69. The number of rotatable bonds is 6. The third-order valence-electron chi connectivity index (χ3n) is 9.68. The molecule has 4 aliphatic carbocycles. The van der Waals surface area contributed by atoms with E-state index in [1.165, 1.54) is 0 Å². The maximum atomic E-state index is 13.5. The Labute approximate surface area is 216 Å². The van der Waals surface area contributed by atoms with Gasteiger partial charge in [0.15, 0.2) is 0 Å². The van der Waals surface area contributed by atoms with Gasteiger partial charge in [-0.1, -0.05) is 0 Å². The first-order valence-electron chi connectivity index (χ1n) is 12.4. The van der Waals surface area contributed by atoms with Crippen LogP contribution in [0, 0.1) is 28.6 Å². The molecule has 0 aliphatic heterocycles. The average molecular weight is 485 g/mol. The molecule has 0 amide bonds. The molecule has 3 fully saturated rings. The molecule has 8 atom stereocenters. The van der Waals surface area contributed by atoms with Crippen molar-refractivity contribution in [3.05, 3.63) is 11.6 Å². The minimum absolute atomic E-state index is 0.0169. The van der Waals surface area contributed by atoms with Crippen molar-refractivity contribution >= 4 is 51.4 Å².